The second-order valence-electron chi connectivity index (χ2n) is 11.1. The number of ether oxygens (including phenoxy) is 1. The number of rotatable bonds is 4. The van der Waals surface area contributed by atoms with Gasteiger partial charge < -0.3 is 19.5 Å². The van der Waals surface area contributed by atoms with E-state index in [4.69, 9.17) is 9.72 Å². The van der Waals surface area contributed by atoms with Gasteiger partial charge in [-0.3, -0.25) is 9.69 Å². The Balaban J connectivity index is 1.57. The van der Waals surface area contributed by atoms with Crippen molar-refractivity contribution in [1.82, 2.24) is 14.5 Å². The van der Waals surface area contributed by atoms with E-state index in [1.165, 1.54) is 6.07 Å². The Morgan fingerprint density at radius 1 is 1.22 bits per heavy atom. The van der Waals surface area contributed by atoms with E-state index in [-0.39, 0.29) is 54.1 Å². The van der Waals surface area contributed by atoms with Gasteiger partial charge in [0.25, 0.3) is 5.56 Å². The summed E-state index contributed by atoms with van der Waals surface area (Å²) >= 11 is 0. The highest BCUT2D eigenvalue weighted by molar-refractivity contribution is 5.89. The van der Waals surface area contributed by atoms with E-state index < -0.39 is 11.6 Å². The normalized spacial score (nSPS) is 24.8. The van der Waals surface area contributed by atoms with Crippen LogP contribution in [-0.2, 0) is 34.8 Å². The van der Waals surface area contributed by atoms with Crippen molar-refractivity contribution in [2.45, 2.75) is 58.9 Å². The van der Waals surface area contributed by atoms with Crippen molar-refractivity contribution in [1.29, 1.82) is 0 Å². The average Bonchev–Trinajstić information content (AvgIpc) is 3.44. The largest absolute Gasteiger partial charge is 0.458 e. The molecular weight excluding hydrogens is 477 g/mol. The summed E-state index contributed by atoms with van der Waals surface area (Å²) in [5.41, 5.74) is 2.05. The van der Waals surface area contributed by atoms with Gasteiger partial charge in [0, 0.05) is 47.7 Å². The number of aliphatic hydroxyl groups excluding tert-OH is 1. The Morgan fingerprint density at radius 2 is 2.00 bits per heavy atom. The molecule has 0 saturated carbocycles. The van der Waals surface area contributed by atoms with Gasteiger partial charge in [-0.25, -0.2) is 14.2 Å². The molecule has 1 aromatic carbocycles. The molecule has 2 aromatic heterocycles. The molecule has 0 radical (unpaired) electrons. The zero-order chi connectivity index (χ0) is 26.3. The maximum atomic E-state index is 14.6. The van der Waals surface area contributed by atoms with E-state index in [0.717, 1.165) is 36.0 Å². The SMILES string of the molecule is CC[C@@]1(O)C(=O)OCc2c1cc1n(c2=O)Cc2c-1nc1cc(F)c(C)cc1c2CN1CCC(C)(CO)C1. The smallest absolute Gasteiger partial charge is 0.343 e. The molecule has 194 valence electrons. The first kappa shape index (κ1) is 24.2. The summed E-state index contributed by atoms with van der Waals surface area (Å²) in [5.74, 6) is -1.13. The average molecular weight is 508 g/mol. The zero-order valence-electron chi connectivity index (χ0n) is 21.2. The third kappa shape index (κ3) is 3.48. The van der Waals surface area contributed by atoms with Crippen LogP contribution in [0.4, 0.5) is 4.39 Å². The minimum Gasteiger partial charge on any atom is -0.458 e. The first-order valence-corrected chi connectivity index (χ1v) is 12.7. The highest BCUT2D eigenvalue weighted by Crippen LogP contribution is 2.41. The van der Waals surface area contributed by atoms with Crippen LogP contribution in [-0.4, -0.2) is 50.3 Å². The molecule has 9 heteroatoms. The molecule has 6 rings (SSSR count). The number of halogens is 1. The molecule has 0 spiro atoms. The van der Waals surface area contributed by atoms with Gasteiger partial charge in [-0.2, -0.15) is 0 Å². The highest BCUT2D eigenvalue weighted by Gasteiger charge is 2.45. The predicted molar refractivity (Wildman–Crippen MR) is 134 cm³/mol. The van der Waals surface area contributed by atoms with Crippen LogP contribution in [0, 0.1) is 18.2 Å². The molecule has 5 heterocycles. The van der Waals surface area contributed by atoms with Crippen LogP contribution in [0.1, 0.15) is 54.5 Å². The van der Waals surface area contributed by atoms with Crippen LogP contribution >= 0.6 is 0 Å². The van der Waals surface area contributed by atoms with Crippen LogP contribution in [0.5, 0.6) is 0 Å². The molecular formula is C28H30FN3O5. The van der Waals surface area contributed by atoms with Gasteiger partial charge in [-0.1, -0.05) is 13.8 Å². The van der Waals surface area contributed by atoms with Crippen LogP contribution in [0.2, 0.25) is 0 Å². The van der Waals surface area contributed by atoms with Crippen LogP contribution in [0.3, 0.4) is 0 Å². The molecule has 1 fully saturated rings. The molecule has 1 saturated heterocycles. The zero-order valence-corrected chi connectivity index (χ0v) is 21.2. The fourth-order valence-electron chi connectivity index (χ4n) is 6.09. The van der Waals surface area contributed by atoms with Crippen molar-refractivity contribution in [3.63, 3.8) is 0 Å². The fraction of sp³-hybridized carbons (Fsp3) is 0.464. The maximum absolute atomic E-state index is 14.6. The van der Waals surface area contributed by atoms with Crippen molar-refractivity contribution >= 4 is 16.9 Å². The van der Waals surface area contributed by atoms with E-state index in [1.807, 2.05) is 6.07 Å². The number of pyridine rings is 2. The summed E-state index contributed by atoms with van der Waals surface area (Å²) in [6.07, 6.45) is 0.937. The molecule has 0 bridgehead atoms. The van der Waals surface area contributed by atoms with Crippen molar-refractivity contribution in [2.24, 2.45) is 5.41 Å². The fourth-order valence-corrected chi connectivity index (χ4v) is 6.09. The minimum absolute atomic E-state index is 0.0635. The van der Waals surface area contributed by atoms with Crippen LogP contribution < -0.4 is 5.56 Å². The van der Waals surface area contributed by atoms with Crippen molar-refractivity contribution in [2.75, 3.05) is 19.7 Å². The van der Waals surface area contributed by atoms with Gasteiger partial charge >= 0.3 is 5.97 Å². The second kappa shape index (κ2) is 8.18. The van der Waals surface area contributed by atoms with E-state index in [1.54, 1.807) is 24.5 Å². The lowest BCUT2D eigenvalue weighted by Gasteiger charge is -2.31. The number of esters is 1. The number of likely N-dealkylation sites (tertiary alicyclic amines) is 1. The van der Waals surface area contributed by atoms with Crippen LogP contribution in [0.25, 0.3) is 22.3 Å². The summed E-state index contributed by atoms with van der Waals surface area (Å²) in [5, 5.41) is 21.8. The monoisotopic (exact) mass is 507 g/mol. The number of carbonyl (C=O) groups excluding carboxylic acids is 1. The Morgan fingerprint density at radius 3 is 2.70 bits per heavy atom. The summed E-state index contributed by atoms with van der Waals surface area (Å²) < 4.78 is 21.4. The Labute approximate surface area is 213 Å². The lowest BCUT2D eigenvalue weighted by Crippen LogP contribution is -2.44. The second-order valence-corrected chi connectivity index (χ2v) is 11.1. The van der Waals surface area contributed by atoms with E-state index >= 15 is 0 Å². The third-order valence-corrected chi connectivity index (χ3v) is 8.49. The number of fused-ring (bicyclic) bond motifs is 5. The first-order chi connectivity index (χ1) is 17.6. The molecule has 2 N–H and O–H groups in total. The van der Waals surface area contributed by atoms with Crippen molar-refractivity contribution in [3.8, 4) is 11.4 Å². The third-order valence-electron chi connectivity index (χ3n) is 8.49. The van der Waals surface area contributed by atoms with E-state index in [0.29, 0.717) is 29.0 Å². The van der Waals surface area contributed by atoms with E-state index in [9.17, 15) is 24.2 Å². The maximum Gasteiger partial charge on any atom is 0.343 e. The summed E-state index contributed by atoms with van der Waals surface area (Å²) in [6, 6.07) is 4.92. The number of carbonyl (C=O) groups is 1. The lowest BCUT2D eigenvalue weighted by molar-refractivity contribution is -0.172. The Kier molecular flexibility index (Phi) is 5.35. The molecule has 0 amide bonds. The van der Waals surface area contributed by atoms with Gasteiger partial charge in [0.15, 0.2) is 5.60 Å². The number of nitrogens with zero attached hydrogens (tertiary/aromatic N) is 3. The van der Waals surface area contributed by atoms with Crippen molar-refractivity contribution < 1.29 is 24.1 Å². The molecule has 3 aliphatic rings. The summed E-state index contributed by atoms with van der Waals surface area (Å²) in [6.45, 7) is 7.79. The first-order valence-electron chi connectivity index (χ1n) is 12.7. The standard InChI is InChI=1S/C28H30FN3O5/c1-4-28(36)20-8-23-24-18(11-32(23)25(34)19(20)12-37-26(28)35)17(10-31-6-5-27(3,13-31)14-33)16-7-15(2)21(29)9-22(16)30-24/h7-9,33,36H,4-6,10-14H2,1-3H3/t27?,28-/m0/s1. The Bertz CT molecular complexity index is 1550. The predicted octanol–water partition coefficient (Wildman–Crippen LogP) is 2.73. The quantitative estimate of drug-likeness (QED) is 0.409. The Hall–Kier alpha value is -3.14. The van der Waals surface area contributed by atoms with Crippen LogP contribution in [0.15, 0.2) is 23.0 Å². The van der Waals surface area contributed by atoms with E-state index in [2.05, 4.69) is 11.8 Å². The lowest BCUT2D eigenvalue weighted by atomic mass is 9.86. The van der Waals surface area contributed by atoms with Gasteiger partial charge in [0.2, 0.25) is 0 Å². The van der Waals surface area contributed by atoms with Gasteiger partial charge in [0.05, 0.1) is 29.0 Å². The molecule has 2 atom stereocenters. The topological polar surface area (TPSA) is 105 Å². The number of aliphatic hydroxyl groups is 2. The van der Waals surface area contributed by atoms with Gasteiger partial charge in [-0.05, 0) is 49.6 Å². The molecule has 3 aromatic rings. The van der Waals surface area contributed by atoms with Gasteiger partial charge in [-0.15, -0.1) is 0 Å². The van der Waals surface area contributed by atoms with Crippen molar-refractivity contribution in [3.05, 3.63) is 62.2 Å². The number of aromatic nitrogens is 2. The number of hydrogen-bond donors (Lipinski definition) is 2. The molecule has 37 heavy (non-hydrogen) atoms. The minimum atomic E-state index is -1.90. The summed E-state index contributed by atoms with van der Waals surface area (Å²) in [4.78, 5) is 33.2. The number of aryl methyl sites for hydroxylation is 1. The van der Waals surface area contributed by atoms with Gasteiger partial charge in [0.1, 0.15) is 12.4 Å². The molecule has 8 nitrogen and oxygen atoms in total. The highest BCUT2D eigenvalue weighted by atomic mass is 19.1. The molecule has 0 aliphatic carbocycles. The molecule has 1 unspecified atom stereocenters. The number of cyclic esters (lactones) is 1. The molecule has 3 aliphatic heterocycles. The summed E-state index contributed by atoms with van der Waals surface area (Å²) in [7, 11) is 0. The number of hydrogen-bond acceptors (Lipinski definition) is 7. The number of benzene rings is 1.